The molecule has 1 aromatic carbocycles. The standard InChI is InChI=1S/C20H24FN3O3S/c1-4-10(2)24-17(25)15-14(7-8-28-3)23-20(16(15)18(24)26)12-9-11(21)5-6-13(12)22-19(20)27/h5-6,9-10,14-16,23H,4,7-8H2,1-3H3,(H,22,27)/t10-,14-,15+,16+,20-/m0/s1. The molecule has 3 aliphatic rings. The molecule has 3 aliphatic heterocycles. The maximum Gasteiger partial charge on any atom is 0.250 e. The maximum atomic E-state index is 14.1. The average molecular weight is 405 g/mol. The van der Waals surface area contributed by atoms with E-state index >= 15 is 0 Å². The number of rotatable bonds is 5. The first-order valence-corrected chi connectivity index (χ1v) is 11.0. The molecule has 6 nitrogen and oxygen atoms in total. The first-order chi connectivity index (χ1) is 13.4. The number of halogens is 1. The Labute approximate surface area is 167 Å². The molecular formula is C20H24FN3O3S. The second-order valence-electron chi connectivity index (χ2n) is 7.79. The van der Waals surface area contributed by atoms with Crippen LogP contribution in [0.1, 0.15) is 32.3 Å². The monoisotopic (exact) mass is 405 g/mol. The van der Waals surface area contributed by atoms with Crippen LogP contribution in [-0.4, -0.2) is 46.7 Å². The van der Waals surface area contributed by atoms with Crippen LogP contribution in [0.5, 0.6) is 0 Å². The summed E-state index contributed by atoms with van der Waals surface area (Å²) in [7, 11) is 0. The zero-order valence-electron chi connectivity index (χ0n) is 16.1. The van der Waals surface area contributed by atoms with Crippen molar-refractivity contribution in [1.29, 1.82) is 0 Å². The number of carbonyl (C=O) groups excluding carboxylic acids is 3. The molecule has 1 aromatic rings. The summed E-state index contributed by atoms with van der Waals surface area (Å²) in [4.78, 5) is 41.1. The Morgan fingerprint density at radius 2 is 2.04 bits per heavy atom. The van der Waals surface area contributed by atoms with E-state index in [2.05, 4.69) is 10.6 Å². The molecule has 1 spiro atoms. The lowest BCUT2D eigenvalue weighted by atomic mass is 9.76. The van der Waals surface area contributed by atoms with Crippen molar-refractivity contribution in [1.82, 2.24) is 10.2 Å². The summed E-state index contributed by atoms with van der Waals surface area (Å²) in [6, 6.07) is 3.54. The number of fused-ring (bicyclic) bond motifs is 4. The Balaban J connectivity index is 1.86. The molecule has 2 saturated heterocycles. The number of thioether (sulfide) groups is 1. The number of nitrogens with one attached hydrogen (secondary N) is 2. The third-order valence-electron chi connectivity index (χ3n) is 6.38. The molecule has 0 aliphatic carbocycles. The minimum Gasteiger partial charge on any atom is -0.324 e. The van der Waals surface area contributed by atoms with Gasteiger partial charge in [-0.15, -0.1) is 0 Å². The smallest absolute Gasteiger partial charge is 0.250 e. The number of imide groups is 1. The molecule has 0 radical (unpaired) electrons. The van der Waals surface area contributed by atoms with Crippen LogP contribution < -0.4 is 10.6 Å². The van der Waals surface area contributed by atoms with E-state index in [1.54, 1.807) is 11.8 Å². The van der Waals surface area contributed by atoms with Crippen molar-refractivity contribution in [2.75, 3.05) is 17.3 Å². The summed E-state index contributed by atoms with van der Waals surface area (Å²) in [5, 5.41) is 6.10. The van der Waals surface area contributed by atoms with Gasteiger partial charge in [-0.05, 0) is 50.0 Å². The van der Waals surface area contributed by atoms with Crippen LogP contribution in [-0.2, 0) is 19.9 Å². The van der Waals surface area contributed by atoms with Gasteiger partial charge in [-0.1, -0.05) is 6.92 Å². The van der Waals surface area contributed by atoms with Gasteiger partial charge in [0.25, 0.3) is 0 Å². The second-order valence-corrected chi connectivity index (χ2v) is 8.78. The van der Waals surface area contributed by atoms with Crippen molar-refractivity contribution in [3.63, 3.8) is 0 Å². The lowest BCUT2D eigenvalue weighted by Crippen LogP contribution is -2.54. The van der Waals surface area contributed by atoms with Crippen LogP contribution in [0.15, 0.2) is 18.2 Å². The topological polar surface area (TPSA) is 78.5 Å². The SMILES string of the molecule is CC[C@H](C)N1C(=O)[C@@H]2[C@H](CCSC)N[C@]3(C(=O)Nc4ccc(F)cc43)[C@H]2C1=O. The van der Waals surface area contributed by atoms with Crippen LogP contribution in [0, 0.1) is 17.7 Å². The molecular weight excluding hydrogens is 381 g/mol. The van der Waals surface area contributed by atoms with Crippen molar-refractivity contribution < 1.29 is 18.8 Å². The molecule has 4 rings (SSSR count). The summed E-state index contributed by atoms with van der Waals surface area (Å²) >= 11 is 1.65. The predicted octanol–water partition coefficient (Wildman–Crippen LogP) is 2.10. The Kier molecular flexibility index (Phi) is 4.74. The van der Waals surface area contributed by atoms with Crippen LogP contribution in [0.25, 0.3) is 0 Å². The van der Waals surface area contributed by atoms with Crippen LogP contribution in [0.3, 0.4) is 0 Å². The highest BCUT2D eigenvalue weighted by atomic mass is 32.2. The van der Waals surface area contributed by atoms with E-state index in [1.807, 2.05) is 20.1 Å². The maximum absolute atomic E-state index is 14.1. The Bertz CT molecular complexity index is 863. The summed E-state index contributed by atoms with van der Waals surface area (Å²) in [6.07, 6.45) is 3.27. The fourth-order valence-electron chi connectivity index (χ4n) is 4.91. The van der Waals surface area contributed by atoms with E-state index in [9.17, 15) is 18.8 Å². The number of hydrogen-bond donors (Lipinski definition) is 2. The summed E-state index contributed by atoms with van der Waals surface area (Å²) in [5.74, 6) is -2.11. The summed E-state index contributed by atoms with van der Waals surface area (Å²) in [5.41, 5.74) is -0.489. The highest BCUT2D eigenvalue weighted by Crippen LogP contribution is 2.53. The third kappa shape index (κ3) is 2.47. The number of anilines is 1. The van der Waals surface area contributed by atoms with Crippen LogP contribution in [0.2, 0.25) is 0 Å². The molecule has 5 atom stereocenters. The highest BCUT2D eigenvalue weighted by Gasteiger charge is 2.70. The summed E-state index contributed by atoms with van der Waals surface area (Å²) in [6.45, 7) is 3.77. The van der Waals surface area contributed by atoms with Gasteiger partial charge in [-0.3, -0.25) is 24.6 Å². The number of carbonyl (C=O) groups is 3. The van der Waals surface area contributed by atoms with Gasteiger partial charge in [0, 0.05) is 23.3 Å². The minimum absolute atomic E-state index is 0.225. The molecule has 3 amide bonds. The van der Waals surface area contributed by atoms with Gasteiger partial charge in [-0.25, -0.2) is 4.39 Å². The van der Waals surface area contributed by atoms with Gasteiger partial charge in [-0.2, -0.15) is 11.8 Å². The van der Waals surface area contributed by atoms with Crippen molar-refractivity contribution in [3.8, 4) is 0 Å². The molecule has 8 heteroatoms. The highest BCUT2D eigenvalue weighted by molar-refractivity contribution is 7.98. The number of amides is 3. The second kappa shape index (κ2) is 6.84. The van der Waals surface area contributed by atoms with E-state index in [0.717, 1.165) is 5.75 Å². The van der Waals surface area contributed by atoms with E-state index in [0.29, 0.717) is 24.1 Å². The quantitative estimate of drug-likeness (QED) is 0.734. The zero-order chi connectivity index (χ0) is 20.2. The first kappa shape index (κ1) is 19.4. The molecule has 0 saturated carbocycles. The van der Waals surface area contributed by atoms with Gasteiger partial charge in [0.05, 0.1) is 11.8 Å². The van der Waals surface area contributed by atoms with Gasteiger partial charge in [0.2, 0.25) is 17.7 Å². The number of hydrogen-bond acceptors (Lipinski definition) is 5. The predicted molar refractivity (Wildman–Crippen MR) is 105 cm³/mol. The van der Waals surface area contributed by atoms with E-state index in [-0.39, 0.29) is 29.8 Å². The van der Waals surface area contributed by atoms with Crippen LogP contribution in [0.4, 0.5) is 10.1 Å². The lowest BCUT2D eigenvalue weighted by molar-refractivity contribution is -0.145. The summed E-state index contributed by atoms with van der Waals surface area (Å²) < 4.78 is 14.1. The molecule has 2 N–H and O–H groups in total. The van der Waals surface area contributed by atoms with Gasteiger partial charge >= 0.3 is 0 Å². The Morgan fingerprint density at radius 1 is 1.29 bits per heavy atom. The van der Waals surface area contributed by atoms with Crippen molar-refractivity contribution in [2.45, 2.75) is 44.3 Å². The molecule has 0 unspecified atom stereocenters. The number of nitrogens with zero attached hydrogens (tertiary/aromatic N) is 1. The van der Waals surface area contributed by atoms with E-state index in [1.165, 1.54) is 23.1 Å². The minimum atomic E-state index is -1.40. The normalized spacial score (nSPS) is 32.1. The molecule has 0 aromatic heterocycles. The largest absolute Gasteiger partial charge is 0.324 e. The van der Waals surface area contributed by atoms with Gasteiger partial charge in [0.1, 0.15) is 11.4 Å². The molecule has 28 heavy (non-hydrogen) atoms. The fraction of sp³-hybridized carbons (Fsp3) is 0.550. The lowest BCUT2D eigenvalue weighted by Gasteiger charge is -2.31. The number of likely N-dealkylation sites (tertiary alicyclic amines) is 1. The first-order valence-electron chi connectivity index (χ1n) is 9.61. The van der Waals surface area contributed by atoms with E-state index in [4.69, 9.17) is 0 Å². The molecule has 0 bridgehead atoms. The number of benzene rings is 1. The average Bonchev–Trinajstić information content (AvgIpc) is 3.25. The van der Waals surface area contributed by atoms with Crippen molar-refractivity contribution in [3.05, 3.63) is 29.6 Å². The molecule has 2 fully saturated rings. The zero-order valence-corrected chi connectivity index (χ0v) is 16.9. The Morgan fingerprint density at radius 3 is 2.71 bits per heavy atom. The molecule has 3 heterocycles. The Hall–Kier alpha value is -1.93. The third-order valence-corrected chi connectivity index (χ3v) is 7.02. The fourth-order valence-corrected chi connectivity index (χ4v) is 5.40. The van der Waals surface area contributed by atoms with E-state index < -0.39 is 23.2 Å². The van der Waals surface area contributed by atoms with Gasteiger partial charge in [0.15, 0.2) is 0 Å². The van der Waals surface area contributed by atoms with Crippen molar-refractivity contribution >= 4 is 35.2 Å². The van der Waals surface area contributed by atoms with Gasteiger partial charge < -0.3 is 5.32 Å². The van der Waals surface area contributed by atoms with Crippen LogP contribution >= 0.6 is 11.8 Å². The van der Waals surface area contributed by atoms with Crippen molar-refractivity contribution in [2.24, 2.45) is 11.8 Å². The molecule has 150 valence electrons.